The molecule has 1 heterocycles. The van der Waals surface area contributed by atoms with Gasteiger partial charge in [-0.3, -0.25) is 0 Å². The summed E-state index contributed by atoms with van der Waals surface area (Å²) in [7, 11) is 0. The van der Waals surface area contributed by atoms with Gasteiger partial charge in [-0.15, -0.1) is 0 Å². The first-order valence-electron chi connectivity index (χ1n) is 5.18. The summed E-state index contributed by atoms with van der Waals surface area (Å²) >= 11 is 0. The molecule has 1 rings (SSSR count). The van der Waals surface area contributed by atoms with Crippen molar-refractivity contribution in [1.82, 2.24) is 4.90 Å². The Balaban J connectivity index is 2.29. The maximum atomic E-state index is 9.46. The summed E-state index contributed by atoms with van der Waals surface area (Å²) in [5, 5.41) is 18.1. The predicted octanol–water partition coefficient (Wildman–Crippen LogP) is 1.81. The standard InChI is InChI=1S/C11H19NO2/c1-10-11(14)6-5-8-12(10)7-3-2-4-9-13/h5-6,13-14H,2-4,7-9H2,1H3. The van der Waals surface area contributed by atoms with Crippen LogP contribution in [0.25, 0.3) is 0 Å². The molecule has 3 nitrogen and oxygen atoms in total. The van der Waals surface area contributed by atoms with E-state index in [1.165, 1.54) is 0 Å². The molecule has 3 heteroatoms. The molecular formula is C11H19NO2. The summed E-state index contributed by atoms with van der Waals surface area (Å²) in [5.74, 6) is 0.374. The topological polar surface area (TPSA) is 43.7 Å². The van der Waals surface area contributed by atoms with Gasteiger partial charge in [0, 0.05) is 19.7 Å². The summed E-state index contributed by atoms with van der Waals surface area (Å²) in [4.78, 5) is 2.16. The lowest BCUT2D eigenvalue weighted by molar-refractivity contribution is 0.274. The fraction of sp³-hybridized carbons (Fsp3) is 0.636. The molecule has 0 bridgehead atoms. The summed E-state index contributed by atoms with van der Waals surface area (Å²) in [5.41, 5.74) is 0.955. The number of nitrogens with zero attached hydrogens (tertiary/aromatic N) is 1. The van der Waals surface area contributed by atoms with Crippen LogP contribution in [0.15, 0.2) is 23.6 Å². The van der Waals surface area contributed by atoms with Crippen molar-refractivity contribution in [2.45, 2.75) is 26.2 Å². The van der Waals surface area contributed by atoms with Crippen molar-refractivity contribution in [3.05, 3.63) is 23.6 Å². The van der Waals surface area contributed by atoms with Crippen LogP contribution in [0.3, 0.4) is 0 Å². The van der Waals surface area contributed by atoms with Crippen LogP contribution >= 0.6 is 0 Å². The molecule has 1 aliphatic rings. The number of allylic oxidation sites excluding steroid dienone is 2. The van der Waals surface area contributed by atoms with Crippen molar-refractivity contribution in [1.29, 1.82) is 0 Å². The van der Waals surface area contributed by atoms with Crippen molar-refractivity contribution in [2.75, 3.05) is 19.7 Å². The molecule has 0 atom stereocenters. The normalized spacial score (nSPS) is 16.6. The molecule has 0 fully saturated rings. The van der Waals surface area contributed by atoms with Crippen LogP contribution in [0.5, 0.6) is 0 Å². The van der Waals surface area contributed by atoms with Crippen LogP contribution < -0.4 is 0 Å². The molecule has 0 saturated heterocycles. The Kier molecular flexibility index (Phi) is 4.53. The molecule has 0 aromatic heterocycles. The van der Waals surface area contributed by atoms with E-state index in [2.05, 4.69) is 4.90 Å². The maximum absolute atomic E-state index is 9.46. The van der Waals surface area contributed by atoms with E-state index in [4.69, 9.17) is 5.11 Å². The molecule has 0 radical (unpaired) electrons. The van der Waals surface area contributed by atoms with Gasteiger partial charge in [0.2, 0.25) is 0 Å². The lowest BCUT2D eigenvalue weighted by Crippen LogP contribution is -2.26. The molecule has 0 amide bonds. The van der Waals surface area contributed by atoms with E-state index < -0.39 is 0 Å². The summed E-state index contributed by atoms with van der Waals surface area (Å²) < 4.78 is 0. The van der Waals surface area contributed by atoms with Crippen molar-refractivity contribution in [2.24, 2.45) is 0 Å². The van der Waals surface area contributed by atoms with Crippen molar-refractivity contribution < 1.29 is 10.2 Å². The lowest BCUT2D eigenvalue weighted by atomic mass is 10.2. The first-order valence-corrected chi connectivity index (χ1v) is 5.18. The first-order chi connectivity index (χ1) is 6.75. The SMILES string of the molecule is CC1=C(O)C=CCN1CCCCCO. The minimum Gasteiger partial charge on any atom is -0.506 e. The number of hydrogen-bond acceptors (Lipinski definition) is 3. The Bertz CT molecular complexity index is 233. The Hall–Kier alpha value is -0.960. The Labute approximate surface area is 85.4 Å². The zero-order valence-corrected chi connectivity index (χ0v) is 8.74. The van der Waals surface area contributed by atoms with Gasteiger partial charge < -0.3 is 15.1 Å². The van der Waals surface area contributed by atoms with Gasteiger partial charge in [-0.05, 0) is 32.3 Å². The Morgan fingerprint density at radius 2 is 2.14 bits per heavy atom. The van der Waals surface area contributed by atoms with Crippen LogP contribution in [0.4, 0.5) is 0 Å². The molecule has 80 valence electrons. The number of aliphatic hydroxyl groups is 2. The predicted molar refractivity (Wildman–Crippen MR) is 57.0 cm³/mol. The van der Waals surface area contributed by atoms with Crippen LogP contribution in [-0.2, 0) is 0 Å². The van der Waals surface area contributed by atoms with Gasteiger partial charge in [0.1, 0.15) is 5.76 Å². The highest BCUT2D eigenvalue weighted by Crippen LogP contribution is 2.15. The van der Waals surface area contributed by atoms with Crippen LogP contribution in [0, 0.1) is 0 Å². The lowest BCUT2D eigenvalue weighted by Gasteiger charge is -2.26. The van der Waals surface area contributed by atoms with E-state index in [-0.39, 0.29) is 6.61 Å². The van der Waals surface area contributed by atoms with Crippen molar-refractivity contribution >= 4 is 0 Å². The molecule has 2 N–H and O–H groups in total. The molecular weight excluding hydrogens is 178 g/mol. The third-order valence-electron chi connectivity index (χ3n) is 2.53. The summed E-state index contributed by atoms with van der Waals surface area (Å²) in [6.45, 7) is 4.06. The molecule has 0 unspecified atom stereocenters. The van der Waals surface area contributed by atoms with Gasteiger partial charge in [0.25, 0.3) is 0 Å². The third kappa shape index (κ3) is 3.07. The van der Waals surface area contributed by atoms with Gasteiger partial charge in [-0.25, -0.2) is 0 Å². The average Bonchev–Trinajstić information content (AvgIpc) is 2.19. The Morgan fingerprint density at radius 3 is 2.86 bits per heavy atom. The van der Waals surface area contributed by atoms with Gasteiger partial charge in [0.05, 0.1) is 5.70 Å². The zero-order chi connectivity index (χ0) is 10.4. The minimum absolute atomic E-state index is 0.278. The highest BCUT2D eigenvalue weighted by Gasteiger charge is 2.10. The molecule has 14 heavy (non-hydrogen) atoms. The average molecular weight is 197 g/mol. The monoisotopic (exact) mass is 197 g/mol. The van der Waals surface area contributed by atoms with E-state index in [0.717, 1.165) is 38.0 Å². The van der Waals surface area contributed by atoms with Crippen LogP contribution in [0.2, 0.25) is 0 Å². The molecule has 1 aliphatic heterocycles. The number of unbranched alkanes of at least 4 members (excludes halogenated alkanes) is 2. The van der Waals surface area contributed by atoms with E-state index >= 15 is 0 Å². The van der Waals surface area contributed by atoms with Gasteiger partial charge in [-0.1, -0.05) is 6.08 Å². The smallest absolute Gasteiger partial charge is 0.134 e. The second kappa shape index (κ2) is 5.70. The molecule has 0 aliphatic carbocycles. The number of aliphatic hydroxyl groups excluding tert-OH is 2. The van der Waals surface area contributed by atoms with E-state index in [9.17, 15) is 5.11 Å². The molecule has 0 spiro atoms. The van der Waals surface area contributed by atoms with Gasteiger partial charge in [0.15, 0.2) is 0 Å². The minimum atomic E-state index is 0.278. The van der Waals surface area contributed by atoms with Crippen molar-refractivity contribution in [3.8, 4) is 0 Å². The quantitative estimate of drug-likeness (QED) is 0.661. The number of rotatable bonds is 5. The van der Waals surface area contributed by atoms with Gasteiger partial charge in [-0.2, -0.15) is 0 Å². The molecule has 0 aromatic rings. The summed E-state index contributed by atoms with van der Waals surface area (Å²) in [6, 6.07) is 0. The molecule has 0 saturated carbocycles. The highest BCUT2D eigenvalue weighted by atomic mass is 16.3. The maximum Gasteiger partial charge on any atom is 0.134 e. The highest BCUT2D eigenvalue weighted by molar-refractivity contribution is 5.21. The molecule has 0 aromatic carbocycles. The largest absolute Gasteiger partial charge is 0.506 e. The Morgan fingerprint density at radius 1 is 1.36 bits per heavy atom. The van der Waals surface area contributed by atoms with E-state index in [1.807, 2.05) is 13.0 Å². The van der Waals surface area contributed by atoms with Crippen LogP contribution in [0.1, 0.15) is 26.2 Å². The second-order valence-electron chi connectivity index (χ2n) is 3.60. The van der Waals surface area contributed by atoms with Crippen molar-refractivity contribution in [3.63, 3.8) is 0 Å². The third-order valence-corrected chi connectivity index (χ3v) is 2.53. The van der Waals surface area contributed by atoms with E-state index in [1.54, 1.807) is 6.08 Å². The van der Waals surface area contributed by atoms with Crippen LogP contribution in [-0.4, -0.2) is 34.8 Å². The fourth-order valence-corrected chi connectivity index (χ4v) is 1.56. The van der Waals surface area contributed by atoms with Gasteiger partial charge >= 0.3 is 0 Å². The first kappa shape index (κ1) is 11.1. The fourth-order valence-electron chi connectivity index (χ4n) is 1.56. The summed E-state index contributed by atoms with van der Waals surface area (Å²) in [6.07, 6.45) is 6.70. The van der Waals surface area contributed by atoms with E-state index in [0.29, 0.717) is 5.76 Å². The zero-order valence-electron chi connectivity index (χ0n) is 8.74. The number of hydrogen-bond donors (Lipinski definition) is 2. The second-order valence-corrected chi connectivity index (χ2v) is 3.60.